The average Bonchev–Trinajstić information content (AvgIpc) is 2.41. The molecule has 0 saturated carbocycles. The average molecular weight is 332 g/mol. The Kier molecular flexibility index (Phi) is 4.61. The fraction of sp³-hybridized carbons (Fsp3) is 0.143. The first-order valence-electron chi connectivity index (χ1n) is 6.00. The Labute approximate surface area is 126 Å². The zero-order valence-electron chi connectivity index (χ0n) is 11.0. The number of rotatable bonds is 4. The van der Waals surface area contributed by atoms with Gasteiger partial charge in [0.25, 0.3) is 0 Å². The zero-order valence-corrected chi connectivity index (χ0v) is 12.6. The molecule has 0 fully saturated rings. The van der Waals surface area contributed by atoms with E-state index in [1.807, 2.05) is 0 Å². The minimum absolute atomic E-state index is 0.0603. The van der Waals surface area contributed by atoms with E-state index in [1.165, 1.54) is 18.2 Å². The molecule has 0 spiro atoms. The Balaban J connectivity index is 2.24. The van der Waals surface area contributed by atoms with Crippen LogP contribution in [0, 0.1) is 18.6 Å². The van der Waals surface area contributed by atoms with Gasteiger partial charge < -0.3 is 0 Å². The predicted octanol–water partition coefficient (Wildman–Crippen LogP) is 3.41. The summed E-state index contributed by atoms with van der Waals surface area (Å²) in [5, 5.41) is 0.301. The molecule has 21 heavy (non-hydrogen) atoms. The molecule has 3 nitrogen and oxygen atoms in total. The quantitative estimate of drug-likeness (QED) is 0.933. The van der Waals surface area contributed by atoms with Crippen LogP contribution in [-0.4, -0.2) is 8.42 Å². The molecule has 0 aliphatic rings. The van der Waals surface area contributed by atoms with Crippen molar-refractivity contribution in [1.82, 2.24) is 4.72 Å². The maximum absolute atomic E-state index is 13.4. The lowest BCUT2D eigenvalue weighted by Gasteiger charge is -2.09. The number of benzene rings is 2. The molecule has 0 bridgehead atoms. The van der Waals surface area contributed by atoms with Crippen molar-refractivity contribution >= 4 is 21.6 Å². The molecular weight excluding hydrogens is 320 g/mol. The fourth-order valence-electron chi connectivity index (χ4n) is 1.69. The molecule has 0 radical (unpaired) electrons. The summed E-state index contributed by atoms with van der Waals surface area (Å²) < 4.78 is 53.2. The van der Waals surface area contributed by atoms with Crippen LogP contribution in [0.5, 0.6) is 0 Å². The number of aryl methyl sites for hydroxylation is 1. The molecule has 1 N–H and O–H groups in total. The molecule has 2 aromatic rings. The fourth-order valence-corrected chi connectivity index (χ4v) is 2.96. The Morgan fingerprint density at radius 3 is 2.33 bits per heavy atom. The molecule has 2 aromatic carbocycles. The van der Waals surface area contributed by atoms with Crippen LogP contribution in [0.15, 0.2) is 41.3 Å². The number of hydrogen-bond donors (Lipinski definition) is 1. The van der Waals surface area contributed by atoms with E-state index in [0.29, 0.717) is 5.02 Å². The van der Waals surface area contributed by atoms with E-state index in [9.17, 15) is 17.2 Å². The molecule has 112 valence electrons. The molecule has 0 unspecified atom stereocenters. The van der Waals surface area contributed by atoms with Crippen molar-refractivity contribution < 1.29 is 17.2 Å². The molecule has 0 aliphatic carbocycles. The van der Waals surface area contributed by atoms with Crippen molar-refractivity contribution in [3.63, 3.8) is 0 Å². The third-order valence-corrected chi connectivity index (χ3v) is 4.76. The van der Waals surface area contributed by atoms with Crippen LogP contribution in [0.3, 0.4) is 0 Å². The van der Waals surface area contributed by atoms with Gasteiger partial charge in [-0.25, -0.2) is 21.9 Å². The second kappa shape index (κ2) is 6.09. The normalized spacial score (nSPS) is 11.6. The van der Waals surface area contributed by atoms with Crippen LogP contribution in [0.2, 0.25) is 5.02 Å². The van der Waals surface area contributed by atoms with Gasteiger partial charge in [-0.2, -0.15) is 0 Å². The minimum atomic E-state index is -3.90. The number of nitrogens with one attached hydrogen (secondary N) is 1. The summed E-state index contributed by atoms with van der Waals surface area (Å²) >= 11 is 5.88. The standard InChI is InChI=1S/C14H12ClF2NO2S/c1-9-5-6-10(7-12(9)15)21(19,20)18-8-11-13(16)3-2-4-14(11)17/h2-7,18H,8H2,1H3. The van der Waals surface area contributed by atoms with Gasteiger partial charge >= 0.3 is 0 Å². The van der Waals surface area contributed by atoms with Crippen LogP contribution in [0.4, 0.5) is 8.78 Å². The van der Waals surface area contributed by atoms with E-state index < -0.39 is 28.2 Å². The third-order valence-electron chi connectivity index (χ3n) is 2.95. The molecule has 0 saturated heterocycles. The van der Waals surface area contributed by atoms with Gasteiger partial charge in [-0.3, -0.25) is 0 Å². The minimum Gasteiger partial charge on any atom is -0.207 e. The van der Waals surface area contributed by atoms with Crippen molar-refractivity contribution in [2.45, 2.75) is 18.4 Å². The van der Waals surface area contributed by atoms with Gasteiger partial charge in [-0.1, -0.05) is 23.7 Å². The van der Waals surface area contributed by atoms with E-state index in [-0.39, 0.29) is 10.5 Å². The molecule has 7 heteroatoms. The predicted molar refractivity (Wildman–Crippen MR) is 76.6 cm³/mol. The highest BCUT2D eigenvalue weighted by molar-refractivity contribution is 7.89. The molecule has 0 atom stereocenters. The summed E-state index contributed by atoms with van der Waals surface area (Å²) in [7, 11) is -3.90. The van der Waals surface area contributed by atoms with Crippen LogP contribution in [0.25, 0.3) is 0 Å². The highest BCUT2D eigenvalue weighted by Crippen LogP contribution is 2.20. The summed E-state index contributed by atoms with van der Waals surface area (Å²) in [5.74, 6) is -1.61. The first-order valence-corrected chi connectivity index (χ1v) is 7.86. The maximum atomic E-state index is 13.4. The highest BCUT2D eigenvalue weighted by Gasteiger charge is 2.17. The van der Waals surface area contributed by atoms with Gasteiger partial charge in [0.2, 0.25) is 10.0 Å². The zero-order chi connectivity index (χ0) is 15.6. The monoisotopic (exact) mass is 331 g/mol. The highest BCUT2D eigenvalue weighted by atomic mass is 35.5. The van der Waals surface area contributed by atoms with Crippen molar-refractivity contribution in [2.24, 2.45) is 0 Å². The summed E-state index contributed by atoms with van der Waals surface area (Å²) in [6.07, 6.45) is 0. The Bertz CT molecular complexity index is 758. The lowest BCUT2D eigenvalue weighted by Crippen LogP contribution is -2.24. The molecule has 0 amide bonds. The Morgan fingerprint density at radius 2 is 1.76 bits per heavy atom. The SMILES string of the molecule is Cc1ccc(S(=O)(=O)NCc2c(F)cccc2F)cc1Cl. The summed E-state index contributed by atoms with van der Waals surface area (Å²) in [5.41, 5.74) is 0.398. The molecule has 2 rings (SSSR count). The second-order valence-electron chi connectivity index (χ2n) is 4.44. The number of sulfonamides is 1. The smallest absolute Gasteiger partial charge is 0.207 e. The van der Waals surface area contributed by atoms with Gasteiger partial charge in [0.05, 0.1) is 4.90 Å². The van der Waals surface area contributed by atoms with Crippen LogP contribution >= 0.6 is 11.6 Å². The van der Waals surface area contributed by atoms with Crippen LogP contribution < -0.4 is 4.72 Å². The first-order chi connectivity index (χ1) is 9.81. The second-order valence-corrected chi connectivity index (χ2v) is 6.61. The number of hydrogen-bond acceptors (Lipinski definition) is 2. The maximum Gasteiger partial charge on any atom is 0.240 e. The van der Waals surface area contributed by atoms with Gasteiger partial charge in [-0.05, 0) is 36.8 Å². The van der Waals surface area contributed by atoms with Gasteiger partial charge in [0, 0.05) is 17.1 Å². The lowest BCUT2D eigenvalue weighted by molar-refractivity contribution is 0.544. The molecule has 0 aliphatic heterocycles. The summed E-state index contributed by atoms with van der Waals surface area (Å²) in [6.45, 7) is 1.26. The van der Waals surface area contributed by atoms with Crippen molar-refractivity contribution in [3.8, 4) is 0 Å². The lowest BCUT2D eigenvalue weighted by atomic mass is 10.2. The van der Waals surface area contributed by atoms with Crippen LogP contribution in [-0.2, 0) is 16.6 Å². The van der Waals surface area contributed by atoms with Crippen molar-refractivity contribution in [3.05, 3.63) is 64.2 Å². The summed E-state index contributed by atoms with van der Waals surface area (Å²) in [6, 6.07) is 7.56. The van der Waals surface area contributed by atoms with E-state index >= 15 is 0 Å². The van der Waals surface area contributed by atoms with Gasteiger partial charge in [0.1, 0.15) is 11.6 Å². The van der Waals surface area contributed by atoms with Gasteiger partial charge in [0.15, 0.2) is 0 Å². The third kappa shape index (κ3) is 3.58. The Hall–Kier alpha value is -1.50. The Morgan fingerprint density at radius 1 is 1.14 bits per heavy atom. The molecule has 0 heterocycles. The molecule has 0 aromatic heterocycles. The van der Waals surface area contributed by atoms with E-state index in [2.05, 4.69) is 4.72 Å². The summed E-state index contributed by atoms with van der Waals surface area (Å²) in [4.78, 5) is -0.0603. The number of halogens is 3. The van der Waals surface area contributed by atoms with Crippen molar-refractivity contribution in [1.29, 1.82) is 0 Å². The van der Waals surface area contributed by atoms with E-state index in [0.717, 1.165) is 17.7 Å². The van der Waals surface area contributed by atoms with E-state index in [1.54, 1.807) is 13.0 Å². The van der Waals surface area contributed by atoms with Crippen LogP contribution in [0.1, 0.15) is 11.1 Å². The van der Waals surface area contributed by atoms with Crippen molar-refractivity contribution in [2.75, 3.05) is 0 Å². The van der Waals surface area contributed by atoms with Gasteiger partial charge in [-0.15, -0.1) is 0 Å². The molecular formula is C14H12ClF2NO2S. The van der Waals surface area contributed by atoms with E-state index in [4.69, 9.17) is 11.6 Å². The topological polar surface area (TPSA) is 46.2 Å². The largest absolute Gasteiger partial charge is 0.240 e. The first kappa shape index (κ1) is 15.9.